The minimum atomic E-state index is -0.336. The Morgan fingerprint density at radius 2 is 1.88 bits per heavy atom. The third kappa shape index (κ3) is 3.98. The van der Waals surface area contributed by atoms with E-state index in [4.69, 9.17) is 0 Å². The largest absolute Gasteiger partial charge is 0.289 e. The number of hydrazone groups is 1. The van der Waals surface area contributed by atoms with E-state index < -0.39 is 0 Å². The summed E-state index contributed by atoms with van der Waals surface area (Å²) in [6.45, 7) is 3.93. The Balaban J connectivity index is 1.70. The van der Waals surface area contributed by atoms with Gasteiger partial charge in [-0.1, -0.05) is 31.2 Å². The highest BCUT2D eigenvalue weighted by atomic mass is 16.2. The molecule has 0 saturated heterocycles. The van der Waals surface area contributed by atoms with Crippen LogP contribution in [-0.2, 0) is 6.42 Å². The molecule has 0 bridgehead atoms. The molecular weight excluding hydrogens is 314 g/mol. The SMILES string of the molecule is CCc1ccc(-c2cc(C(=O)NN=C(C)c3ccncc3)[nH]n2)cc1. The number of hydrogen-bond acceptors (Lipinski definition) is 4. The van der Waals surface area contributed by atoms with Gasteiger partial charge in [-0.3, -0.25) is 14.9 Å². The van der Waals surface area contributed by atoms with E-state index >= 15 is 0 Å². The van der Waals surface area contributed by atoms with Crippen molar-refractivity contribution in [3.63, 3.8) is 0 Å². The summed E-state index contributed by atoms with van der Waals surface area (Å²) < 4.78 is 0. The Morgan fingerprint density at radius 1 is 1.16 bits per heavy atom. The quantitative estimate of drug-likeness (QED) is 0.555. The molecule has 6 nitrogen and oxygen atoms in total. The highest BCUT2D eigenvalue weighted by molar-refractivity contribution is 6.00. The van der Waals surface area contributed by atoms with E-state index in [0.717, 1.165) is 23.2 Å². The molecule has 3 rings (SSSR count). The Hall–Kier alpha value is -3.28. The number of benzene rings is 1. The molecule has 2 aromatic heterocycles. The highest BCUT2D eigenvalue weighted by Crippen LogP contribution is 2.18. The molecule has 2 N–H and O–H groups in total. The van der Waals surface area contributed by atoms with Crippen molar-refractivity contribution in [2.45, 2.75) is 20.3 Å². The summed E-state index contributed by atoms with van der Waals surface area (Å²) in [6, 6.07) is 13.5. The number of hydrogen-bond donors (Lipinski definition) is 2. The molecule has 1 aromatic carbocycles. The maximum atomic E-state index is 12.2. The molecular formula is C19H19N5O. The molecule has 3 aromatic rings. The number of aromatic amines is 1. The number of carbonyl (C=O) groups excluding carboxylic acids is 1. The van der Waals surface area contributed by atoms with Crippen LogP contribution in [0.25, 0.3) is 11.3 Å². The number of pyridine rings is 1. The van der Waals surface area contributed by atoms with Crippen LogP contribution in [0, 0.1) is 0 Å². The number of aryl methyl sites for hydroxylation is 1. The molecule has 0 unspecified atom stereocenters. The van der Waals surface area contributed by atoms with Crippen molar-refractivity contribution in [1.29, 1.82) is 0 Å². The fraction of sp³-hybridized carbons (Fsp3) is 0.158. The number of aromatic nitrogens is 3. The zero-order valence-electron chi connectivity index (χ0n) is 14.2. The Kier molecular flexibility index (Phi) is 4.99. The van der Waals surface area contributed by atoms with Crippen LogP contribution >= 0.6 is 0 Å². The second-order valence-corrected chi connectivity index (χ2v) is 5.59. The minimum absolute atomic E-state index is 0.336. The Labute approximate surface area is 146 Å². The molecule has 0 aliphatic carbocycles. The average molecular weight is 333 g/mol. The van der Waals surface area contributed by atoms with Gasteiger partial charge in [0.2, 0.25) is 0 Å². The molecule has 0 spiro atoms. The average Bonchev–Trinajstić information content (AvgIpc) is 3.17. The van der Waals surface area contributed by atoms with Crippen molar-refractivity contribution >= 4 is 11.6 Å². The molecule has 0 aliphatic rings. The van der Waals surface area contributed by atoms with Crippen LogP contribution in [0.5, 0.6) is 0 Å². The van der Waals surface area contributed by atoms with E-state index in [1.165, 1.54) is 5.56 Å². The van der Waals surface area contributed by atoms with E-state index in [1.807, 2.05) is 31.2 Å². The van der Waals surface area contributed by atoms with Crippen LogP contribution in [0.2, 0.25) is 0 Å². The van der Waals surface area contributed by atoms with Crippen molar-refractivity contribution in [2.24, 2.45) is 5.10 Å². The molecule has 2 heterocycles. The molecule has 0 radical (unpaired) electrons. The Morgan fingerprint density at radius 3 is 2.56 bits per heavy atom. The summed E-state index contributed by atoms with van der Waals surface area (Å²) in [5.74, 6) is -0.336. The van der Waals surface area contributed by atoms with Crippen LogP contribution in [0.3, 0.4) is 0 Å². The van der Waals surface area contributed by atoms with Crippen molar-refractivity contribution in [3.05, 3.63) is 71.7 Å². The number of carbonyl (C=O) groups is 1. The molecule has 0 aliphatic heterocycles. The predicted octanol–water partition coefficient (Wildman–Crippen LogP) is 3.19. The van der Waals surface area contributed by atoms with E-state index in [9.17, 15) is 4.79 Å². The Bertz CT molecular complexity index is 882. The highest BCUT2D eigenvalue weighted by Gasteiger charge is 2.10. The number of H-pyrrole nitrogens is 1. The third-order valence-electron chi connectivity index (χ3n) is 3.90. The number of nitrogens with one attached hydrogen (secondary N) is 2. The monoisotopic (exact) mass is 333 g/mol. The first-order chi connectivity index (χ1) is 12.2. The second kappa shape index (κ2) is 7.53. The molecule has 25 heavy (non-hydrogen) atoms. The van der Waals surface area contributed by atoms with Crippen molar-refractivity contribution in [1.82, 2.24) is 20.6 Å². The number of rotatable bonds is 5. The van der Waals surface area contributed by atoms with Crippen LogP contribution in [0.1, 0.15) is 35.5 Å². The van der Waals surface area contributed by atoms with Crippen molar-refractivity contribution < 1.29 is 4.79 Å². The fourth-order valence-electron chi connectivity index (χ4n) is 2.35. The predicted molar refractivity (Wildman–Crippen MR) is 97.3 cm³/mol. The van der Waals surface area contributed by atoms with Gasteiger partial charge in [-0.25, -0.2) is 5.43 Å². The molecule has 0 atom stereocenters. The van der Waals surface area contributed by atoms with Crippen LogP contribution in [-0.4, -0.2) is 26.8 Å². The van der Waals surface area contributed by atoms with Gasteiger partial charge in [-0.15, -0.1) is 0 Å². The van der Waals surface area contributed by atoms with Crippen LogP contribution in [0.15, 0.2) is 60.0 Å². The van der Waals surface area contributed by atoms with E-state index in [0.29, 0.717) is 11.4 Å². The molecule has 6 heteroatoms. The molecule has 1 amide bonds. The molecule has 0 saturated carbocycles. The molecule has 0 fully saturated rings. The first-order valence-corrected chi connectivity index (χ1v) is 8.07. The van der Waals surface area contributed by atoms with Gasteiger partial charge in [0.05, 0.1) is 11.4 Å². The summed E-state index contributed by atoms with van der Waals surface area (Å²) in [7, 11) is 0. The lowest BCUT2D eigenvalue weighted by Gasteiger charge is -2.01. The minimum Gasteiger partial charge on any atom is -0.272 e. The zero-order valence-corrected chi connectivity index (χ0v) is 14.2. The van der Waals surface area contributed by atoms with Gasteiger partial charge in [0, 0.05) is 23.5 Å². The van der Waals surface area contributed by atoms with Gasteiger partial charge in [-0.2, -0.15) is 10.2 Å². The second-order valence-electron chi connectivity index (χ2n) is 5.59. The van der Waals surface area contributed by atoms with Crippen LogP contribution in [0.4, 0.5) is 0 Å². The topological polar surface area (TPSA) is 83.0 Å². The summed E-state index contributed by atoms with van der Waals surface area (Å²) in [6.07, 6.45) is 4.35. The van der Waals surface area contributed by atoms with Gasteiger partial charge in [0.1, 0.15) is 5.69 Å². The fourth-order valence-corrected chi connectivity index (χ4v) is 2.35. The summed E-state index contributed by atoms with van der Waals surface area (Å²) in [5.41, 5.74) is 7.45. The van der Waals surface area contributed by atoms with Crippen LogP contribution < -0.4 is 5.43 Å². The lowest BCUT2D eigenvalue weighted by atomic mass is 10.1. The van der Waals surface area contributed by atoms with Gasteiger partial charge < -0.3 is 0 Å². The van der Waals surface area contributed by atoms with E-state index in [2.05, 4.69) is 44.8 Å². The van der Waals surface area contributed by atoms with E-state index in [-0.39, 0.29) is 5.91 Å². The van der Waals surface area contributed by atoms with Crippen molar-refractivity contribution in [3.8, 4) is 11.3 Å². The van der Waals surface area contributed by atoms with Gasteiger partial charge >= 0.3 is 0 Å². The third-order valence-corrected chi connectivity index (χ3v) is 3.90. The van der Waals surface area contributed by atoms with Gasteiger partial charge in [0.15, 0.2) is 0 Å². The maximum absolute atomic E-state index is 12.2. The number of nitrogens with zero attached hydrogens (tertiary/aromatic N) is 3. The van der Waals surface area contributed by atoms with E-state index in [1.54, 1.807) is 18.5 Å². The molecule has 126 valence electrons. The standard InChI is InChI=1S/C19H19N5O/c1-3-14-4-6-16(7-5-14)17-12-18(23-22-17)19(25)24-21-13(2)15-8-10-20-11-9-15/h4-12H,3H2,1-2H3,(H,22,23)(H,24,25). The van der Waals surface area contributed by atoms with Crippen molar-refractivity contribution in [2.75, 3.05) is 0 Å². The zero-order chi connectivity index (χ0) is 17.6. The lowest BCUT2D eigenvalue weighted by molar-refractivity contribution is 0.0950. The van der Waals surface area contributed by atoms with Gasteiger partial charge in [0.25, 0.3) is 5.91 Å². The summed E-state index contributed by atoms with van der Waals surface area (Å²) in [4.78, 5) is 16.2. The normalized spacial score (nSPS) is 11.4. The first kappa shape index (κ1) is 16.6. The summed E-state index contributed by atoms with van der Waals surface area (Å²) in [5, 5.41) is 11.1. The first-order valence-electron chi connectivity index (χ1n) is 8.07. The lowest BCUT2D eigenvalue weighted by Crippen LogP contribution is -2.19. The smallest absolute Gasteiger partial charge is 0.272 e. The number of amides is 1. The maximum Gasteiger partial charge on any atom is 0.289 e. The summed E-state index contributed by atoms with van der Waals surface area (Å²) >= 11 is 0. The van der Waals surface area contributed by atoms with Gasteiger partial charge in [-0.05, 0) is 37.1 Å².